The second-order valence-electron chi connectivity index (χ2n) is 7.93. The van der Waals surface area contributed by atoms with Crippen molar-refractivity contribution in [1.29, 1.82) is 0 Å². The molecule has 0 fully saturated rings. The number of nitrogens with zero attached hydrogens (tertiary/aromatic N) is 2. The summed E-state index contributed by atoms with van der Waals surface area (Å²) in [6.07, 6.45) is 1.73. The second-order valence-corrected chi connectivity index (χ2v) is 11.1. The van der Waals surface area contributed by atoms with Crippen LogP contribution in [0.2, 0.25) is 15.1 Å². The largest absolute Gasteiger partial charge is 0.354 e. The summed E-state index contributed by atoms with van der Waals surface area (Å²) in [5, 5.41) is 3.90. The highest BCUT2D eigenvalue weighted by Gasteiger charge is 2.30. The normalized spacial score (nSPS) is 12.2. The number of anilines is 1. The maximum Gasteiger partial charge on any atom is 0.244 e. The van der Waals surface area contributed by atoms with Crippen LogP contribution >= 0.6 is 34.8 Å². The molecule has 186 valence electrons. The smallest absolute Gasteiger partial charge is 0.244 e. The Morgan fingerprint density at radius 3 is 2.29 bits per heavy atom. The number of carbonyl (C=O) groups is 2. The third-order valence-electron chi connectivity index (χ3n) is 5.19. The van der Waals surface area contributed by atoms with Gasteiger partial charge >= 0.3 is 0 Å². The van der Waals surface area contributed by atoms with E-state index in [1.807, 2.05) is 6.92 Å². The maximum absolute atomic E-state index is 13.5. The Balaban J connectivity index is 2.42. The highest BCUT2D eigenvalue weighted by atomic mass is 35.5. The number of benzene rings is 2. The van der Waals surface area contributed by atoms with Gasteiger partial charge < -0.3 is 10.2 Å². The minimum Gasteiger partial charge on any atom is -0.354 e. The molecule has 11 heteroatoms. The van der Waals surface area contributed by atoms with Crippen molar-refractivity contribution in [2.45, 2.75) is 39.8 Å². The molecule has 2 aromatic rings. The number of nitrogens with one attached hydrogen (secondary N) is 1. The molecule has 2 rings (SSSR count). The van der Waals surface area contributed by atoms with E-state index >= 15 is 0 Å². The number of hydrogen-bond donors (Lipinski definition) is 1. The standard InChI is InChI=1S/C23H28Cl3N3O4S/c1-5-10-27-23(31)16(3)28(13-17-7-8-18(24)11-21(17)26)22(30)14-29(34(4,32)33)19-9-6-15(2)20(25)12-19/h6-9,11-12,16H,5,10,13-14H2,1-4H3,(H,27,31)/t16-/m0/s1. The van der Waals surface area contributed by atoms with Crippen LogP contribution in [-0.2, 0) is 26.2 Å². The van der Waals surface area contributed by atoms with Crippen LogP contribution in [0.25, 0.3) is 0 Å². The predicted octanol–water partition coefficient (Wildman–Crippen LogP) is 4.66. The Morgan fingerprint density at radius 1 is 1.06 bits per heavy atom. The van der Waals surface area contributed by atoms with Crippen LogP contribution < -0.4 is 9.62 Å². The number of aryl methyl sites for hydroxylation is 1. The first kappa shape index (κ1) is 28.2. The van der Waals surface area contributed by atoms with Gasteiger partial charge in [-0.1, -0.05) is 53.9 Å². The lowest BCUT2D eigenvalue weighted by atomic mass is 10.1. The quantitative estimate of drug-likeness (QED) is 0.468. The van der Waals surface area contributed by atoms with Crippen LogP contribution in [-0.4, -0.2) is 50.5 Å². The van der Waals surface area contributed by atoms with E-state index in [4.69, 9.17) is 34.8 Å². The fraction of sp³-hybridized carbons (Fsp3) is 0.391. The highest BCUT2D eigenvalue weighted by molar-refractivity contribution is 7.92. The van der Waals surface area contributed by atoms with E-state index in [9.17, 15) is 18.0 Å². The molecule has 0 saturated carbocycles. The lowest BCUT2D eigenvalue weighted by molar-refractivity contribution is -0.139. The monoisotopic (exact) mass is 547 g/mol. The second kappa shape index (κ2) is 12.1. The molecule has 2 aromatic carbocycles. The lowest BCUT2D eigenvalue weighted by Crippen LogP contribution is -2.51. The zero-order valence-electron chi connectivity index (χ0n) is 19.4. The summed E-state index contributed by atoms with van der Waals surface area (Å²) in [5.74, 6) is -0.933. The van der Waals surface area contributed by atoms with Gasteiger partial charge in [-0.05, 0) is 55.7 Å². The van der Waals surface area contributed by atoms with Crippen LogP contribution in [0, 0.1) is 6.92 Å². The molecule has 0 saturated heterocycles. The van der Waals surface area contributed by atoms with Gasteiger partial charge in [-0.25, -0.2) is 8.42 Å². The summed E-state index contributed by atoms with van der Waals surface area (Å²) in [6, 6.07) is 8.69. The molecule has 2 amide bonds. The molecule has 0 spiro atoms. The van der Waals surface area contributed by atoms with Gasteiger partial charge in [0, 0.05) is 28.2 Å². The Bertz CT molecular complexity index is 1160. The lowest BCUT2D eigenvalue weighted by Gasteiger charge is -2.31. The number of carbonyl (C=O) groups excluding carboxylic acids is 2. The van der Waals surface area contributed by atoms with Crippen LogP contribution in [0.5, 0.6) is 0 Å². The van der Waals surface area contributed by atoms with Gasteiger partial charge in [-0.3, -0.25) is 13.9 Å². The van der Waals surface area contributed by atoms with Gasteiger partial charge in [-0.2, -0.15) is 0 Å². The summed E-state index contributed by atoms with van der Waals surface area (Å²) < 4.78 is 26.1. The Morgan fingerprint density at radius 2 is 1.74 bits per heavy atom. The Labute approximate surface area is 216 Å². The van der Waals surface area contributed by atoms with Crippen molar-refractivity contribution in [2.24, 2.45) is 0 Å². The number of halogens is 3. The average Bonchev–Trinajstić information content (AvgIpc) is 2.75. The summed E-state index contributed by atoms with van der Waals surface area (Å²) in [7, 11) is -3.84. The van der Waals surface area contributed by atoms with Crippen molar-refractivity contribution in [3.63, 3.8) is 0 Å². The van der Waals surface area contributed by atoms with Gasteiger partial charge in [-0.15, -0.1) is 0 Å². The van der Waals surface area contributed by atoms with E-state index in [-0.39, 0.29) is 18.1 Å². The topological polar surface area (TPSA) is 86.8 Å². The van der Waals surface area contributed by atoms with Gasteiger partial charge in [0.2, 0.25) is 21.8 Å². The molecule has 0 aromatic heterocycles. The minimum atomic E-state index is -3.84. The van der Waals surface area contributed by atoms with Crippen molar-refractivity contribution in [3.8, 4) is 0 Å². The first-order valence-corrected chi connectivity index (χ1v) is 13.6. The molecule has 0 aliphatic carbocycles. The fourth-order valence-corrected chi connectivity index (χ4v) is 4.65. The molecule has 0 aliphatic heterocycles. The van der Waals surface area contributed by atoms with Crippen molar-refractivity contribution in [3.05, 3.63) is 62.6 Å². The van der Waals surface area contributed by atoms with Crippen LogP contribution in [0.15, 0.2) is 36.4 Å². The highest BCUT2D eigenvalue weighted by Crippen LogP contribution is 2.26. The van der Waals surface area contributed by atoms with E-state index in [1.165, 1.54) is 11.0 Å². The number of sulfonamides is 1. The van der Waals surface area contributed by atoms with E-state index in [0.717, 1.165) is 22.5 Å². The van der Waals surface area contributed by atoms with Crippen LogP contribution in [0.1, 0.15) is 31.4 Å². The van der Waals surface area contributed by atoms with E-state index in [2.05, 4.69) is 5.32 Å². The summed E-state index contributed by atoms with van der Waals surface area (Å²) in [4.78, 5) is 27.5. The predicted molar refractivity (Wildman–Crippen MR) is 138 cm³/mol. The Hall–Kier alpha value is -2.00. The van der Waals surface area contributed by atoms with E-state index in [0.29, 0.717) is 27.2 Å². The van der Waals surface area contributed by atoms with Gasteiger partial charge in [0.15, 0.2) is 0 Å². The number of rotatable bonds is 10. The number of hydrogen-bond acceptors (Lipinski definition) is 4. The third kappa shape index (κ3) is 7.50. The molecular formula is C23H28Cl3N3O4S. The molecule has 0 radical (unpaired) electrons. The molecule has 0 unspecified atom stereocenters. The van der Waals surface area contributed by atoms with Crippen LogP contribution in [0.4, 0.5) is 5.69 Å². The zero-order chi connectivity index (χ0) is 25.6. The fourth-order valence-electron chi connectivity index (χ4n) is 3.16. The van der Waals surface area contributed by atoms with Gasteiger partial charge in [0.25, 0.3) is 0 Å². The Kier molecular flexibility index (Phi) is 10.1. The molecule has 0 aliphatic rings. The average molecular weight is 549 g/mol. The molecule has 1 atom stereocenters. The van der Waals surface area contributed by atoms with Gasteiger partial charge in [0.05, 0.1) is 11.9 Å². The minimum absolute atomic E-state index is 0.0121. The summed E-state index contributed by atoms with van der Waals surface area (Å²) >= 11 is 18.5. The van der Waals surface area contributed by atoms with Crippen molar-refractivity contribution >= 4 is 62.3 Å². The third-order valence-corrected chi connectivity index (χ3v) is 7.33. The van der Waals surface area contributed by atoms with Gasteiger partial charge in [0.1, 0.15) is 12.6 Å². The van der Waals surface area contributed by atoms with Crippen molar-refractivity contribution in [1.82, 2.24) is 10.2 Å². The summed E-state index contributed by atoms with van der Waals surface area (Å²) in [5.41, 5.74) is 1.59. The maximum atomic E-state index is 13.5. The molecule has 7 nitrogen and oxygen atoms in total. The first-order chi connectivity index (χ1) is 15.8. The molecular weight excluding hydrogens is 521 g/mol. The van der Waals surface area contributed by atoms with Crippen molar-refractivity contribution in [2.75, 3.05) is 23.7 Å². The first-order valence-electron chi connectivity index (χ1n) is 10.6. The van der Waals surface area contributed by atoms with Crippen molar-refractivity contribution < 1.29 is 18.0 Å². The van der Waals surface area contributed by atoms with E-state index in [1.54, 1.807) is 44.2 Å². The van der Waals surface area contributed by atoms with E-state index < -0.39 is 28.5 Å². The molecule has 0 heterocycles. The van der Waals surface area contributed by atoms with Crippen LogP contribution in [0.3, 0.4) is 0 Å². The zero-order valence-corrected chi connectivity index (χ0v) is 22.5. The molecule has 34 heavy (non-hydrogen) atoms. The molecule has 1 N–H and O–H groups in total. The summed E-state index contributed by atoms with van der Waals surface area (Å²) in [6.45, 7) is 5.20. The SMILES string of the molecule is CCCNC(=O)[C@H](C)N(Cc1ccc(Cl)cc1Cl)C(=O)CN(c1ccc(C)c(Cl)c1)S(C)(=O)=O. The number of amides is 2. The molecule has 0 bridgehead atoms.